The maximum Gasteiger partial charge on any atom is 0.305 e. The minimum atomic E-state index is -0.973. The number of rotatable bonds is 6. The number of aliphatic carboxylic acids is 1. The van der Waals surface area contributed by atoms with Crippen LogP contribution >= 0.6 is 0 Å². The summed E-state index contributed by atoms with van der Waals surface area (Å²) in [7, 11) is 0. The van der Waals surface area contributed by atoms with Crippen molar-refractivity contribution in [2.75, 3.05) is 6.54 Å². The van der Waals surface area contributed by atoms with Crippen LogP contribution in [0.1, 0.15) is 32.0 Å². The highest BCUT2D eigenvalue weighted by molar-refractivity contribution is 5.81. The first-order valence-electron chi connectivity index (χ1n) is 6.52. The van der Waals surface area contributed by atoms with Crippen molar-refractivity contribution in [2.24, 2.45) is 5.92 Å². The van der Waals surface area contributed by atoms with E-state index in [1.807, 2.05) is 13.8 Å². The molecule has 0 saturated carbocycles. The van der Waals surface area contributed by atoms with E-state index in [1.54, 1.807) is 19.1 Å². The Morgan fingerprint density at radius 2 is 2.00 bits per heavy atom. The van der Waals surface area contributed by atoms with Crippen LogP contribution in [0, 0.1) is 12.8 Å². The summed E-state index contributed by atoms with van der Waals surface area (Å²) in [6, 6.07) is 4.18. The van der Waals surface area contributed by atoms with Crippen molar-refractivity contribution >= 4 is 11.9 Å². The van der Waals surface area contributed by atoms with Crippen LogP contribution in [0.15, 0.2) is 23.0 Å². The van der Waals surface area contributed by atoms with Gasteiger partial charge in [-0.05, 0) is 18.9 Å². The SMILES string of the molecule is Cc1cccc(=O)n1C(C(=O)NCCC(=O)O)C(C)C. The van der Waals surface area contributed by atoms with Crippen molar-refractivity contribution in [1.29, 1.82) is 0 Å². The van der Waals surface area contributed by atoms with Crippen LogP contribution in [0.25, 0.3) is 0 Å². The molecule has 1 atom stereocenters. The smallest absolute Gasteiger partial charge is 0.305 e. The number of carboxylic acid groups (broad SMARTS) is 1. The van der Waals surface area contributed by atoms with Gasteiger partial charge in [-0.15, -0.1) is 0 Å². The van der Waals surface area contributed by atoms with Crippen molar-refractivity contribution in [3.05, 3.63) is 34.2 Å². The molecular formula is C14H20N2O4. The second-order valence-corrected chi connectivity index (χ2v) is 5.00. The maximum absolute atomic E-state index is 12.2. The lowest BCUT2D eigenvalue weighted by atomic mass is 10.0. The minimum absolute atomic E-state index is 0.0536. The van der Waals surface area contributed by atoms with Crippen LogP contribution in [0.2, 0.25) is 0 Å². The molecule has 0 aliphatic heterocycles. The highest BCUT2D eigenvalue weighted by Crippen LogP contribution is 2.17. The molecule has 0 aliphatic rings. The number of hydrogen-bond acceptors (Lipinski definition) is 3. The first-order chi connectivity index (χ1) is 9.34. The van der Waals surface area contributed by atoms with Gasteiger partial charge in [-0.3, -0.25) is 14.4 Å². The number of nitrogens with one attached hydrogen (secondary N) is 1. The van der Waals surface area contributed by atoms with Gasteiger partial charge in [0.05, 0.1) is 6.42 Å². The molecule has 0 bridgehead atoms. The summed E-state index contributed by atoms with van der Waals surface area (Å²) in [6.45, 7) is 5.51. The predicted octanol–water partition coefficient (Wildman–Crippen LogP) is 0.945. The van der Waals surface area contributed by atoms with Crippen molar-refractivity contribution in [3.8, 4) is 0 Å². The average molecular weight is 280 g/mol. The molecule has 20 heavy (non-hydrogen) atoms. The monoisotopic (exact) mass is 280 g/mol. The largest absolute Gasteiger partial charge is 0.481 e. The number of aryl methyl sites for hydroxylation is 1. The number of aromatic nitrogens is 1. The van der Waals surface area contributed by atoms with E-state index >= 15 is 0 Å². The number of carbonyl (C=O) groups is 2. The standard InChI is InChI=1S/C14H20N2O4/c1-9(2)13(14(20)15-8-7-12(18)19)16-10(3)5-4-6-11(16)17/h4-6,9,13H,7-8H2,1-3H3,(H,15,20)(H,18,19). The van der Waals surface area contributed by atoms with Gasteiger partial charge in [-0.1, -0.05) is 19.9 Å². The molecule has 1 unspecified atom stereocenters. The Morgan fingerprint density at radius 1 is 1.35 bits per heavy atom. The Hall–Kier alpha value is -2.11. The number of carboxylic acids is 1. The quantitative estimate of drug-likeness (QED) is 0.812. The summed E-state index contributed by atoms with van der Waals surface area (Å²) in [5.74, 6) is -1.39. The molecule has 1 aromatic heterocycles. The van der Waals surface area contributed by atoms with Crippen LogP contribution in [0.4, 0.5) is 0 Å². The van der Waals surface area contributed by atoms with Crippen LogP contribution in [-0.2, 0) is 9.59 Å². The fourth-order valence-electron chi connectivity index (χ4n) is 2.08. The van der Waals surface area contributed by atoms with Crippen LogP contribution < -0.4 is 10.9 Å². The molecule has 0 aromatic carbocycles. The zero-order valence-corrected chi connectivity index (χ0v) is 11.9. The van der Waals surface area contributed by atoms with Gasteiger partial charge in [0.2, 0.25) is 5.91 Å². The molecule has 1 heterocycles. The second kappa shape index (κ2) is 6.88. The molecule has 2 N–H and O–H groups in total. The Balaban J connectivity index is 2.97. The fraction of sp³-hybridized carbons (Fsp3) is 0.500. The van der Waals surface area contributed by atoms with Gasteiger partial charge in [0.1, 0.15) is 6.04 Å². The Morgan fingerprint density at radius 3 is 2.50 bits per heavy atom. The van der Waals surface area contributed by atoms with Crippen molar-refractivity contribution in [3.63, 3.8) is 0 Å². The van der Waals surface area contributed by atoms with Gasteiger partial charge in [0.25, 0.3) is 5.56 Å². The lowest BCUT2D eigenvalue weighted by Gasteiger charge is -2.24. The van der Waals surface area contributed by atoms with Crippen molar-refractivity contribution < 1.29 is 14.7 Å². The lowest BCUT2D eigenvalue weighted by Crippen LogP contribution is -2.41. The van der Waals surface area contributed by atoms with E-state index in [9.17, 15) is 14.4 Å². The number of nitrogens with zero attached hydrogens (tertiary/aromatic N) is 1. The number of carbonyl (C=O) groups excluding carboxylic acids is 1. The predicted molar refractivity (Wildman–Crippen MR) is 74.6 cm³/mol. The molecule has 6 heteroatoms. The van der Waals surface area contributed by atoms with Crippen molar-refractivity contribution in [1.82, 2.24) is 9.88 Å². The summed E-state index contributed by atoms with van der Waals surface area (Å²) in [4.78, 5) is 34.6. The Bertz CT molecular complexity index is 548. The minimum Gasteiger partial charge on any atom is -0.481 e. The summed E-state index contributed by atoms with van der Waals surface area (Å²) >= 11 is 0. The molecule has 0 saturated heterocycles. The molecule has 0 radical (unpaired) electrons. The van der Waals surface area contributed by atoms with E-state index in [1.165, 1.54) is 10.6 Å². The van der Waals surface area contributed by atoms with E-state index in [2.05, 4.69) is 5.32 Å². The molecule has 110 valence electrons. The summed E-state index contributed by atoms with van der Waals surface area (Å²) in [6.07, 6.45) is -0.140. The summed E-state index contributed by atoms with van der Waals surface area (Å²) in [5.41, 5.74) is 0.460. The highest BCUT2D eigenvalue weighted by atomic mass is 16.4. The van der Waals surface area contributed by atoms with Gasteiger partial charge in [0.15, 0.2) is 0 Å². The number of hydrogen-bond donors (Lipinski definition) is 2. The van der Waals surface area contributed by atoms with E-state index in [0.29, 0.717) is 5.69 Å². The van der Waals surface area contributed by atoms with Gasteiger partial charge in [-0.2, -0.15) is 0 Å². The first kappa shape index (κ1) is 15.9. The third kappa shape index (κ3) is 3.94. The summed E-state index contributed by atoms with van der Waals surface area (Å²) < 4.78 is 1.45. The van der Waals surface area contributed by atoms with E-state index in [0.717, 1.165) is 0 Å². The topological polar surface area (TPSA) is 88.4 Å². The van der Waals surface area contributed by atoms with Gasteiger partial charge >= 0.3 is 5.97 Å². The Kier molecular flexibility index (Phi) is 5.49. The average Bonchev–Trinajstić information content (AvgIpc) is 2.32. The molecule has 0 spiro atoms. The third-order valence-electron chi connectivity index (χ3n) is 3.01. The van der Waals surface area contributed by atoms with E-state index < -0.39 is 12.0 Å². The number of amides is 1. The second-order valence-electron chi connectivity index (χ2n) is 5.00. The van der Waals surface area contributed by atoms with Crippen LogP contribution in [0.5, 0.6) is 0 Å². The lowest BCUT2D eigenvalue weighted by molar-refractivity contribution is -0.137. The zero-order valence-electron chi connectivity index (χ0n) is 11.9. The van der Waals surface area contributed by atoms with Gasteiger partial charge < -0.3 is 15.0 Å². The number of pyridine rings is 1. The van der Waals surface area contributed by atoms with Crippen molar-refractivity contribution in [2.45, 2.75) is 33.2 Å². The maximum atomic E-state index is 12.2. The fourth-order valence-corrected chi connectivity index (χ4v) is 2.08. The summed E-state index contributed by atoms with van der Waals surface area (Å²) in [5, 5.41) is 11.1. The Labute approximate surface area is 117 Å². The molecule has 0 aliphatic carbocycles. The van der Waals surface area contributed by atoms with Gasteiger partial charge in [-0.25, -0.2) is 0 Å². The zero-order chi connectivity index (χ0) is 15.3. The van der Waals surface area contributed by atoms with E-state index in [4.69, 9.17) is 5.11 Å². The normalized spacial score (nSPS) is 12.2. The molecular weight excluding hydrogens is 260 g/mol. The van der Waals surface area contributed by atoms with E-state index in [-0.39, 0.29) is 30.3 Å². The molecule has 1 rings (SSSR count). The third-order valence-corrected chi connectivity index (χ3v) is 3.01. The molecule has 1 aromatic rings. The first-order valence-corrected chi connectivity index (χ1v) is 6.52. The van der Waals surface area contributed by atoms with Gasteiger partial charge in [0, 0.05) is 18.3 Å². The van der Waals surface area contributed by atoms with Crippen LogP contribution in [-0.4, -0.2) is 28.1 Å². The molecule has 1 amide bonds. The van der Waals surface area contributed by atoms with Crippen LogP contribution in [0.3, 0.4) is 0 Å². The molecule has 0 fully saturated rings. The molecule has 6 nitrogen and oxygen atoms in total. The highest BCUT2D eigenvalue weighted by Gasteiger charge is 2.25.